The molecule has 0 spiro atoms. The first kappa shape index (κ1) is 18.7. The second kappa shape index (κ2) is 7.67. The van der Waals surface area contributed by atoms with Gasteiger partial charge < -0.3 is 14.2 Å². The third kappa shape index (κ3) is 4.03. The maximum absolute atomic E-state index is 14.0. The fourth-order valence-electron chi connectivity index (χ4n) is 2.67. The summed E-state index contributed by atoms with van der Waals surface area (Å²) in [5, 5.41) is 0. The fourth-order valence-corrected chi connectivity index (χ4v) is 2.67. The topological polar surface area (TPSA) is 66.0 Å². The maximum atomic E-state index is 14.0. The standard InChI is InChI=1S/C20H20FNO5/c1-20(11-16(22-27-20)14-6-4-5-7-15(14)21)12-26-18-10-13(19(23)25-3)8-9-17(18)24-2/h4-11,22H,12H2,1-3H3. The van der Waals surface area contributed by atoms with Crippen LogP contribution in [0.3, 0.4) is 0 Å². The van der Waals surface area contributed by atoms with E-state index in [1.807, 2.05) is 0 Å². The van der Waals surface area contributed by atoms with E-state index in [2.05, 4.69) is 5.48 Å². The molecule has 0 fully saturated rings. The van der Waals surface area contributed by atoms with Gasteiger partial charge in [-0.2, -0.15) is 0 Å². The zero-order chi connectivity index (χ0) is 19.4. The van der Waals surface area contributed by atoms with E-state index in [1.165, 1.54) is 26.4 Å². The summed E-state index contributed by atoms with van der Waals surface area (Å²) in [5.41, 5.74) is 3.17. The van der Waals surface area contributed by atoms with E-state index >= 15 is 0 Å². The smallest absolute Gasteiger partial charge is 0.337 e. The Hall–Kier alpha value is -3.06. The van der Waals surface area contributed by atoms with Crippen molar-refractivity contribution in [3.8, 4) is 11.5 Å². The van der Waals surface area contributed by atoms with Crippen molar-refractivity contribution in [1.29, 1.82) is 0 Å². The molecule has 0 saturated heterocycles. The van der Waals surface area contributed by atoms with Crippen molar-refractivity contribution in [2.45, 2.75) is 12.5 Å². The molecule has 1 aliphatic heterocycles. The molecule has 27 heavy (non-hydrogen) atoms. The Kier molecular flexibility index (Phi) is 5.32. The van der Waals surface area contributed by atoms with Gasteiger partial charge in [0.05, 0.1) is 25.5 Å². The minimum absolute atomic E-state index is 0.110. The number of benzene rings is 2. The molecule has 0 radical (unpaired) electrons. The molecule has 1 heterocycles. The molecular formula is C20H20FNO5. The number of carbonyl (C=O) groups is 1. The van der Waals surface area contributed by atoms with E-state index in [9.17, 15) is 9.18 Å². The average Bonchev–Trinajstić information content (AvgIpc) is 3.08. The number of hydrogen-bond donors (Lipinski definition) is 1. The summed E-state index contributed by atoms with van der Waals surface area (Å²) in [5.74, 6) is 0.0141. The lowest BCUT2D eigenvalue weighted by molar-refractivity contribution is -0.0476. The minimum Gasteiger partial charge on any atom is -0.493 e. The normalized spacial score (nSPS) is 18.4. The van der Waals surface area contributed by atoms with Gasteiger partial charge in [-0.3, -0.25) is 10.3 Å². The highest BCUT2D eigenvalue weighted by Gasteiger charge is 2.32. The third-order valence-corrected chi connectivity index (χ3v) is 4.11. The van der Waals surface area contributed by atoms with Gasteiger partial charge in [0.25, 0.3) is 0 Å². The van der Waals surface area contributed by atoms with Gasteiger partial charge in [0.2, 0.25) is 0 Å². The predicted molar refractivity (Wildman–Crippen MR) is 96.8 cm³/mol. The number of nitrogens with one attached hydrogen (secondary N) is 1. The molecule has 1 aliphatic rings. The zero-order valence-corrected chi connectivity index (χ0v) is 15.2. The quantitative estimate of drug-likeness (QED) is 0.784. The third-order valence-electron chi connectivity index (χ3n) is 4.11. The molecule has 7 heteroatoms. The molecule has 1 N–H and O–H groups in total. The van der Waals surface area contributed by atoms with Gasteiger partial charge >= 0.3 is 5.97 Å². The van der Waals surface area contributed by atoms with Crippen molar-refractivity contribution < 1.29 is 28.2 Å². The molecule has 2 aromatic carbocycles. The Morgan fingerprint density at radius 1 is 1.19 bits per heavy atom. The summed E-state index contributed by atoms with van der Waals surface area (Å²) < 4.78 is 29.8. The Morgan fingerprint density at radius 2 is 1.96 bits per heavy atom. The second-order valence-electron chi connectivity index (χ2n) is 6.20. The number of methoxy groups -OCH3 is 2. The van der Waals surface area contributed by atoms with Crippen LogP contribution in [0, 0.1) is 5.82 Å². The lowest BCUT2D eigenvalue weighted by Gasteiger charge is -2.21. The Balaban J connectivity index is 1.78. The summed E-state index contributed by atoms with van der Waals surface area (Å²) in [6, 6.07) is 11.2. The number of hydroxylamine groups is 1. The first-order valence-corrected chi connectivity index (χ1v) is 8.27. The molecule has 0 aromatic heterocycles. The summed E-state index contributed by atoms with van der Waals surface area (Å²) >= 11 is 0. The van der Waals surface area contributed by atoms with Gasteiger partial charge in [-0.15, -0.1) is 0 Å². The van der Waals surface area contributed by atoms with Crippen molar-refractivity contribution in [2.24, 2.45) is 0 Å². The van der Waals surface area contributed by atoms with Crippen LogP contribution in [0.4, 0.5) is 4.39 Å². The molecule has 0 bridgehead atoms. The monoisotopic (exact) mass is 373 g/mol. The summed E-state index contributed by atoms with van der Waals surface area (Å²) in [4.78, 5) is 17.3. The molecule has 0 saturated carbocycles. The molecule has 3 rings (SSSR count). The number of rotatable bonds is 6. The second-order valence-corrected chi connectivity index (χ2v) is 6.20. The van der Waals surface area contributed by atoms with Gasteiger partial charge in [-0.25, -0.2) is 9.18 Å². The van der Waals surface area contributed by atoms with E-state index in [0.29, 0.717) is 28.3 Å². The summed E-state index contributed by atoms with van der Waals surface area (Å²) in [7, 11) is 2.81. The lowest BCUT2D eigenvalue weighted by atomic mass is 10.0. The maximum Gasteiger partial charge on any atom is 0.337 e. The number of esters is 1. The first-order valence-electron chi connectivity index (χ1n) is 8.27. The highest BCUT2D eigenvalue weighted by molar-refractivity contribution is 5.90. The van der Waals surface area contributed by atoms with E-state index in [-0.39, 0.29) is 12.4 Å². The van der Waals surface area contributed by atoms with Crippen molar-refractivity contribution in [2.75, 3.05) is 20.8 Å². The van der Waals surface area contributed by atoms with Crippen LogP contribution in [-0.2, 0) is 9.57 Å². The van der Waals surface area contributed by atoms with E-state index < -0.39 is 11.6 Å². The highest BCUT2D eigenvalue weighted by atomic mass is 19.1. The largest absolute Gasteiger partial charge is 0.493 e. The van der Waals surface area contributed by atoms with Gasteiger partial charge in [0.1, 0.15) is 18.0 Å². The van der Waals surface area contributed by atoms with Crippen LogP contribution in [0.5, 0.6) is 11.5 Å². The zero-order valence-electron chi connectivity index (χ0n) is 15.2. The van der Waals surface area contributed by atoms with Crippen LogP contribution in [0.1, 0.15) is 22.8 Å². The van der Waals surface area contributed by atoms with E-state index in [1.54, 1.807) is 43.3 Å². The Bertz CT molecular complexity index is 882. The van der Waals surface area contributed by atoms with Crippen molar-refractivity contribution in [3.63, 3.8) is 0 Å². The van der Waals surface area contributed by atoms with Gasteiger partial charge in [-0.1, -0.05) is 12.1 Å². The van der Waals surface area contributed by atoms with Crippen LogP contribution in [0.15, 0.2) is 48.5 Å². The van der Waals surface area contributed by atoms with Crippen LogP contribution in [-0.4, -0.2) is 32.4 Å². The van der Waals surface area contributed by atoms with Crippen LogP contribution in [0.25, 0.3) is 5.70 Å². The van der Waals surface area contributed by atoms with E-state index in [4.69, 9.17) is 19.0 Å². The molecule has 6 nitrogen and oxygen atoms in total. The molecule has 0 amide bonds. The number of carbonyl (C=O) groups excluding carboxylic acids is 1. The summed E-state index contributed by atoms with van der Waals surface area (Å²) in [6.07, 6.45) is 1.75. The van der Waals surface area contributed by atoms with Crippen LogP contribution >= 0.6 is 0 Å². The summed E-state index contributed by atoms with van der Waals surface area (Å²) in [6.45, 7) is 1.91. The number of hydrogen-bond acceptors (Lipinski definition) is 6. The lowest BCUT2D eigenvalue weighted by Crippen LogP contribution is -2.33. The number of halogens is 1. The van der Waals surface area contributed by atoms with Gasteiger partial charge in [0.15, 0.2) is 11.5 Å². The molecule has 1 atom stereocenters. The molecule has 142 valence electrons. The first-order chi connectivity index (χ1) is 13.0. The van der Waals surface area contributed by atoms with Crippen LogP contribution in [0.2, 0.25) is 0 Å². The molecule has 2 aromatic rings. The SMILES string of the molecule is COC(=O)c1ccc(OC)c(OCC2(C)C=C(c3ccccc3F)NO2)c1. The Labute approximate surface area is 156 Å². The van der Waals surface area contributed by atoms with Crippen molar-refractivity contribution in [1.82, 2.24) is 5.48 Å². The molecular weight excluding hydrogens is 353 g/mol. The van der Waals surface area contributed by atoms with Gasteiger partial charge in [0, 0.05) is 5.56 Å². The van der Waals surface area contributed by atoms with Crippen molar-refractivity contribution >= 4 is 11.7 Å². The molecule has 0 aliphatic carbocycles. The fraction of sp³-hybridized carbons (Fsp3) is 0.250. The Morgan fingerprint density at radius 3 is 2.67 bits per heavy atom. The number of ether oxygens (including phenoxy) is 3. The molecule has 1 unspecified atom stereocenters. The van der Waals surface area contributed by atoms with Crippen LogP contribution < -0.4 is 15.0 Å². The highest BCUT2D eigenvalue weighted by Crippen LogP contribution is 2.32. The van der Waals surface area contributed by atoms with Crippen molar-refractivity contribution in [3.05, 3.63) is 65.5 Å². The predicted octanol–water partition coefficient (Wildman–Crippen LogP) is 3.33. The van der Waals surface area contributed by atoms with Gasteiger partial charge in [-0.05, 0) is 43.3 Å². The minimum atomic E-state index is -0.843. The average molecular weight is 373 g/mol. The van der Waals surface area contributed by atoms with E-state index in [0.717, 1.165) is 0 Å².